The lowest BCUT2D eigenvalue weighted by molar-refractivity contribution is -0.109. The van der Waals surface area contributed by atoms with Gasteiger partial charge in [0.2, 0.25) is 12.3 Å². The van der Waals surface area contributed by atoms with Gasteiger partial charge in [-0.05, 0) is 0 Å². The number of hydrogen-bond acceptors (Lipinski definition) is 4. The molecule has 0 fully saturated rings. The van der Waals surface area contributed by atoms with Crippen molar-refractivity contribution in [3.05, 3.63) is 11.8 Å². The number of amides is 1. The maximum atomic E-state index is 10.3. The molecule has 0 spiro atoms. The Balaban J connectivity index is 2.31. The molecule has 2 heterocycles. The lowest BCUT2D eigenvalue weighted by Crippen LogP contribution is -2.20. The topological polar surface area (TPSA) is 79.9 Å². The Morgan fingerprint density at radius 3 is 3.40 bits per heavy atom. The van der Waals surface area contributed by atoms with E-state index in [-0.39, 0.29) is 0 Å². The first kappa shape index (κ1) is 9.52. The summed E-state index contributed by atoms with van der Waals surface area (Å²) in [6.07, 6.45) is 2.97. The molecule has 2 rings (SSSR count). The Morgan fingerprint density at radius 2 is 2.67 bits per heavy atom. The van der Waals surface area contributed by atoms with Gasteiger partial charge in [-0.3, -0.25) is 4.79 Å². The minimum Gasteiger partial charge on any atom is -0.477 e. The first-order valence-electron chi connectivity index (χ1n) is 4.64. The van der Waals surface area contributed by atoms with Crippen LogP contribution in [0.15, 0.2) is 6.20 Å². The Hall–Kier alpha value is -2.03. The smallest absolute Gasteiger partial charge is 0.218 e. The molecule has 6 nitrogen and oxygen atoms in total. The van der Waals surface area contributed by atoms with Crippen LogP contribution in [0.4, 0.5) is 0 Å². The average molecular weight is 206 g/mol. The molecule has 1 unspecified atom stereocenters. The van der Waals surface area contributed by atoms with Gasteiger partial charge in [-0.1, -0.05) is 0 Å². The Kier molecular flexibility index (Phi) is 2.54. The van der Waals surface area contributed by atoms with E-state index in [0.29, 0.717) is 24.5 Å². The SMILES string of the molecule is N#CC(NC=O)c1cnn2c1OCCC2. The van der Waals surface area contributed by atoms with Gasteiger partial charge in [0.15, 0.2) is 0 Å². The summed E-state index contributed by atoms with van der Waals surface area (Å²) in [5.41, 5.74) is 0.615. The predicted molar refractivity (Wildman–Crippen MR) is 49.9 cm³/mol. The van der Waals surface area contributed by atoms with Crippen LogP contribution < -0.4 is 10.1 Å². The maximum Gasteiger partial charge on any atom is 0.218 e. The predicted octanol–water partition coefficient (Wildman–Crippen LogP) is -0.0237. The molecule has 1 aliphatic heterocycles. The van der Waals surface area contributed by atoms with E-state index in [1.54, 1.807) is 10.9 Å². The second kappa shape index (κ2) is 4.00. The van der Waals surface area contributed by atoms with Gasteiger partial charge in [-0.15, -0.1) is 0 Å². The molecule has 1 aliphatic rings. The molecule has 0 saturated heterocycles. The molecule has 15 heavy (non-hydrogen) atoms. The van der Waals surface area contributed by atoms with Crippen LogP contribution in [0.1, 0.15) is 18.0 Å². The largest absolute Gasteiger partial charge is 0.477 e. The average Bonchev–Trinajstić information content (AvgIpc) is 2.70. The van der Waals surface area contributed by atoms with Crippen molar-refractivity contribution < 1.29 is 9.53 Å². The second-order valence-corrected chi connectivity index (χ2v) is 3.18. The number of rotatable bonds is 3. The van der Waals surface area contributed by atoms with Crippen molar-refractivity contribution in [3.8, 4) is 11.9 Å². The zero-order valence-corrected chi connectivity index (χ0v) is 8.01. The van der Waals surface area contributed by atoms with E-state index in [4.69, 9.17) is 10.00 Å². The minimum absolute atomic E-state index is 0.501. The monoisotopic (exact) mass is 206 g/mol. The molecule has 0 aliphatic carbocycles. The van der Waals surface area contributed by atoms with Crippen LogP contribution in [0, 0.1) is 11.3 Å². The van der Waals surface area contributed by atoms with Crippen LogP contribution in [-0.2, 0) is 11.3 Å². The van der Waals surface area contributed by atoms with Crippen LogP contribution in [0.3, 0.4) is 0 Å². The second-order valence-electron chi connectivity index (χ2n) is 3.18. The number of aromatic nitrogens is 2. The number of fused-ring (bicyclic) bond motifs is 1. The highest BCUT2D eigenvalue weighted by molar-refractivity contribution is 5.50. The van der Waals surface area contributed by atoms with E-state index >= 15 is 0 Å². The van der Waals surface area contributed by atoms with Crippen molar-refractivity contribution in [2.45, 2.75) is 19.0 Å². The molecule has 1 aromatic rings. The lowest BCUT2D eigenvalue weighted by Gasteiger charge is -2.17. The molecule has 0 bridgehead atoms. The fraction of sp³-hybridized carbons (Fsp3) is 0.444. The van der Waals surface area contributed by atoms with Crippen LogP contribution in [0.5, 0.6) is 5.88 Å². The summed E-state index contributed by atoms with van der Waals surface area (Å²) in [6, 6.07) is 1.29. The molecule has 0 saturated carbocycles. The van der Waals surface area contributed by atoms with E-state index in [2.05, 4.69) is 10.4 Å². The van der Waals surface area contributed by atoms with Crippen molar-refractivity contribution in [1.29, 1.82) is 5.26 Å². The van der Waals surface area contributed by atoms with E-state index < -0.39 is 6.04 Å². The molecule has 1 aromatic heterocycles. The summed E-state index contributed by atoms with van der Waals surface area (Å²) in [5.74, 6) is 0.585. The van der Waals surface area contributed by atoms with Crippen LogP contribution >= 0.6 is 0 Å². The lowest BCUT2D eigenvalue weighted by atomic mass is 10.2. The van der Waals surface area contributed by atoms with E-state index in [0.717, 1.165) is 13.0 Å². The molecule has 0 aromatic carbocycles. The van der Waals surface area contributed by atoms with Gasteiger partial charge in [-0.2, -0.15) is 10.4 Å². The van der Waals surface area contributed by atoms with Crippen molar-refractivity contribution in [3.63, 3.8) is 0 Å². The van der Waals surface area contributed by atoms with Gasteiger partial charge in [0.1, 0.15) is 6.04 Å². The first-order chi connectivity index (χ1) is 7.36. The molecule has 6 heteroatoms. The summed E-state index contributed by atoms with van der Waals surface area (Å²) in [6.45, 7) is 1.41. The maximum absolute atomic E-state index is 10.3. The minimum atomic E-state index is -0.690. The third-order valence-electron chi connectivity index (χ3n) is 2.25. The highest BCUT2D eigenvalue weighted by Gasteiger charge is 2.22. The summed E-state index contributed by atoms with van der Waals surface area (Å²) in [5, 5.41) is 15.4. The molecule has 1 N–H and O–H groups in total. The number of nitrogens with one attached hydrogen (secondary N) is 1. The summed E-state index contributed by atoms with van der Waals surface area (Å²) in [7, 11) is 0. The van der Waals surface area contributed by atoms with Gasteiger partial charge >= 0.3 is 0 Å². The number of hydrogen-bond donors (Lipinski definition) is 1. The Morgan fingerprint density at radius 1 is 1.80 bits per heavy atom. The van der Waals surface area contributed by atoms with Crippen LogP contribution in [-0.4, -0.2) is 22.8 Å². The van der Waals surface area contributed by atoms with Crippen molar-refractivity contribution in [2.75, 3.05) is 6.61 Å². The van der Waals surface area contributed by atoms with Crippen molar-refractivity contribution >= 4 is 6.41 Å². The highest BCUT2D eigenvalue weighted by atomic mass is 16.5. The standard InChI is InChI=1S/C9H10N4O2/c10-4-8(11-6-14)7-5-12-13-2-1-3-15-9(7)13/h5-6,8H,1-3H2,(H,11,14). The van der Waals surface area contributed by atoms with Gasteiger partial charge in [0.25, 0.3) is 0 Å². The Bertz CT molecular complexity index is 407. The highest BCUT2D eigenvalue weighted by Crippen LogP contribution is 2.27. The molecular formula is C9H10N4O2. The number of carbonyl (C=O) groups excluding carboxylic acids is 1. The number of carbonyl (C=O) groups is 1. The van der Waals surface area contributed by atoms with Gasteiger partial charge in [0.05, 0.1) is 24.4 Å². The summed E-state index contributed by atoms with van der Waals surface area (Å²) in [4.78, 5) is 10.3. The molecule has 1 amide bonds. The van der Waals surface area contributed by atoms with Crippen molar-refractivity contribution in [2.24, 2.45) is 0 Å². The fourth-order valence-corrected chi connectivity index (χ4v) is 1.55. The quantitative estimate of drug-likeness (QED) is 0.704. The van der Waals surface area contributed by atoms with E-state index in [1.165, 1.54) is 0 Å². The Labute approximate surface area is 86.4 Å². The zero-order valence-electron chi connectivity index (χ0n) is 8.01. The van der Waals surface area contributed by atoms with Crippen LogP contribution in [0.25, 0.3) is 0 Å². The molecule has 1 atom stereocenters. The van der Waals surface area contributed by atoms with Crippen molar-refractivity contribution in [1.82, 2.24) is 15.1 Å². The molecule has 0 radical (unpaired) electrons. The summed E-state index contributed by atoms with van der Waals surface area (Å²) >= 11 is 0. The molecular weight excluding hydrogens is 196 g/mol. The number of nitriles is 1. The van der Waals surface area contributed by atoms with Gasteiger partial charge < -0.3 is 10.1 Å². The number of ether oxygens (including phenoxy) is 1. The number of aryl methyl sites for hydroxylation is 1. The fourth-order valence-electron chi connectivity index (χ4n) is 1.55. The van der Waals surface area contributed by atoms with E-state index in [1.807, 2.05) is 6.07 Å². The number of nitrogens with zero attached hydrogens (tertiary/aromatic N) is 3. The third-order valence-corrected chi connectivity index (χ3v) is 2.25. The van der Waals surface area contributed by atoms with Gasteiger partial charge in [-0.25, -0.2) is 4.68 Å². The van der Waals surface area contributed by atoms with Crippen LogP contribution in [0.2, 0.25) is 0 Å². The van der Waals surface area contributed by atoms with E-state index in [9.17, 15) is 4.79 Å². The summed E-state index contributed by atoms with van der Waals surface area (Å²) < 4.78 is 7.12. The first-order valence-corrected chi connectivity index (χ1v) is 4.64. The third kappa shape index (κ3) is 1.64. The van der Waals surface area contributed by atoms with Gasteiger partial charge in [0, 0.05) is 13.0 Å². The normalized spacial score (nSPS) is 15.7. The zero-order chi connectivity index (χ0) is 10.7. The molecule has 78 valence electrons.